The molecule has 0 aromatic heterocycles. The van der Waals surface area contributed by atoms with Crippen molar-refractivity contribution in [2.45, 2.75) is 32.4 Å². The first-order valence-corrected chi connectivity index (χ1v) is 6.26. The first-order chi connectivity index (χ1) is 7.65. The molecule has 1 saturated heterocycles. The molecule has 0 amide bonds. The molecule has 1 fully saturated rings. The number of benzene rings is 1. The van der Waals surface area contributed by atoms with E-state index >= 15 is 0 Å². The maximum absolute atomic E-state index is 6.23. The lowest BCUT2D eigenvalue weighted by molar-refractivity contribution is 0.201. The Morgan fingerprint density at radius 1 is 1.50 bits per heavy atom. The SMILES string of the molecule is Cc1ccc(CN2CCC[C@@H](N)C2)c(Cl)c1. The molecule has 2 nitrogen and oxygen atoms in total. The van der Waals surface area contributed by atoms with E-state index < -0.39 is 0 Å². The fraction of sp³-hybridized carbons (Fsp3) is 0.538. The second-order valence-corrected chi connectivity index (χ2v) is 5.14. The van der Waals surface area contributed by atoms with E-state index in [9.17, 15) is 0 Å². The van der Waals surface area contributed by atoms with Gasteiger partial charge in [-0.3, -0.25) is 4.90 Å². The van der Waals surface area contributed by atoms with E-state index in [1.165, 1.54) is 17.5 Å². The van der Waals surface area contributed by atoms with Gasteiger partial charge in [-0.1, -0.05) is 23.7 Å². The van der Waals surface area contributed by atoms with Crippen LogP contribution in [0.5, 0.6) is 0 Å². The van der Waals surface area contributed by atoms with Gasteiger partial charge in [-0.05, 0) is 43.5 Å². The number of likely N-dealkylation sites (tertiary alicyclic amines) is 1. The third-order valence-corrected chi connectivity index (χ3v) is 3.50. The molecule has 2 rings (SSSR count). The lowest BCUT2D eigenvalue weighted by Crippen LogP contribution is -2.42. The van der Waals surface area contributed by atoms with E-state index in [-0.39, 0.29) is 0 Å². The van der Waals surface area contributed by atoms with Gasteiger partial charge in [-0.15, -0.1) is 0 Å². The van der Waals surface area contributed by atoms with Crippen LogP contribution in [0, 0.1) is 6.92 Å². The van der Waals surface area contributed by atoms with Crippen LogP contribution in [0.25, 0.3) is 0 Å². The Kier molecular flexibility index (Phi) is 3.85. The Balaban J connectivity index is 2.02. The van der Waals surface area contributed by atoms with Gasteiger partial charge in [0, 0.05) is 24.2 Å². The lowest BCUT2D eigenvalue weighted by Gasteiger charge is -2.30. The standard InChI is InChI=1S/C13H19ClN2/c1-10-4-5-11(13(14)7-10)8-16-6-2-3-12(15)9-16/h4-5,7,12H,2-3,6,8-9,15H2,1H3/t12-/m1/s1. The summed E-state index contributed by atoms with van der Waals surface area (Å²) >= 11 is 6.23. The number of hydrogen-bond donors (Lipinski definition) is 1. The van der Waals surface area contributed by atoms with Crippen LogP contribution in [0.3, 0.4) is 0 Å². The number of halogens is 1. The van der Waals surface area contributed by atoms with Crippen molar-refractivity contribution in [1.29, 1.82) is 0 Å². The third-order valence-electron chi connectivity index (χ3n) is 3.14. The first-order valence-electron chi connectivity index (χ1n) is 5.88. The molecule has 0 bridgehead atoms. The second kappa shape index (κ2) is 5.17. The predicted octanol–water partition coefficient (Wildman–Crippen LogP) is 2.57. The van der Waals surface area contributed by atoms with E-state index in [4.69, 9.17) is 17.3 Å². The Morgan fingerprint density at radius 2 is 2.31 bits per heavy atom. The molecule has 0 spiro atoms. The van der Waals surface area contributed by atoms with Gasteiger partial charge < -0.3 is 5.73 Å². The minimum Gasteiger partial charge on any atom is -0.327 e. The summed E-state index contributed by atoms with van der Waals surface area (Å²) in [5.41, 5.74) is 8.39. The first kappa shape index (κ1) is 11.9. The summed E-state index contributed by atoms with van der Waals surface area (Å²) in [4.78, 5) is 2.39. The van der Waals surface area contributed by atoms with Crippen molar-refractivity contribution in [1.82, 2.24) is 4.90 Å². The maximum atomic E-state index is 6.23. The van der Waals surface area contributed by atoms with E-state index in [2.05, 4.69) is 24.0 Å². The number of hydrogen-bond acceptors (Lipinski definition) is 2. The average molecular weight is 239 g/mol. The van der Waals surface area contributed by atoms with Crippen molar-refractivity contribution < 1.29 is 0 Å². The molecule has 1 aliphatic rings. The summed E-state index contributed by atoms with van der Waals surface area (Å²) in [6.07, 6.45) is 2.35. The fourth-order valence-electron chi connectivity index (χ4n) is 2.26. The van der Waals surface area contributed by atoms with Crippen molar-refractivity contribution >= 4 is 11.6 Å². The molecule has 0 radical (unpaired) electrons. The second-order valence-electron chi connectivity index (χ2n) is 4.73. The highest BCUT2D eigenvalue weighted by Crippen LogP contribution is 2.20. The van der Waals surface area contributed by atoms with E-state index in [1.54, 1.807) is 0 Å². The van der Waals surface area contributed by atoms with Crippen LogP contribution in [0.15, 0.2) is 18.2 Å². The molecule has 16 heavy (non-hydrogen) atoms. The summed E-state index contributed by atoms with van der Waals surface area (Å²) < 4.78 is 0. The van der Waals surface area contributed by atoms with Crippen LogP contribution >= 0.6 is 11.6 Å². The van der Waals surface area contributed by atoms with Gasteiger partial charge in [0.2, 0.25) is 0 Å². The van der Waals surface area contributed by atoms with Gasteiger partial charge in [0.15, 0.2) is 0 Å². The smallest absolute Gasteiger partial charge is 0.0453 e. The molecule has 2 N–H and O–H groups in total. The predicted molar refractivity (Wildman–Crippen MR) is 68.7 cm³/mol. The van der Waals surface area contributed by atoms with E-state index in [0.717, 1.165) is 31.1 Å². The van der Waals surface area contributed by atoms with Gasteiger partial charge in [0.25, 0.3) is 0 Å². The molecule has 0 aliphatic carbocycles. The largest absolute Gasteiger partial charge is 0.327 e. The molecular weight excluding hydrogens is 220 g/mol. The number of aryl methyl sites for hydroxylation is 1. The van der Waals surface area contributed by atoms with Crippen molar-refractivity contribution in [2.24, 2.45) is 5.73 Å². The number of rotatable bonds is 2. The van der Waals surface area contributed by atoms with Crippen LogP contribution in [-0.2, 0) is 6.54 Å². The maximum Gasteiger partial charge on any atom is 0.0453 e. The normalized spacial score (nSPS) is 22.3. The van der Waals surface area contributed by atoms with Gasteiger partial charge in [-0.25, -0.2) is 0 Å². The molecular formula is C13H19ClN2. The molecule has 3 heteroatoms. The molecule has 1 aliphatic heterocycles. The highest BCUT2D eigenvalue weighted by Gasteiger charge is 2.17. The molecule has 0 unspecified atom stereocenters. The zero-order valence-corrected chi connectivity index (χ0v) is 10.5. The minimum atomic E-state index is 0.331. The molecule has 0 saturated carbocycles. The van der Waals surface area contributed by atoms with Crippen LogP contribution in [0.4, 0.5) is 0 Å². The number of nitrogens with zero attached hydrogens (tertiary/aromatic N) is 1. The molecule has 1 aromatic carbocycles. The van der Waals surface area contributed by atoms with Gasteiger partial charge in [0.1, 0.15) is 0 Å². The third kappa shape index (κ3) is 2.97. The lowest BCUT2D eigenvalue weighted by atomic mass is 10.1. The molecule has 1 atom stereocenters. The summed E-state index contributed by atoms with van der Waals surface area (Å²) in [6.45, 7) is 5.11. The Hall–Kier alpha value is -0.570. The Labute approximate surface area is 102 Å². The molecule has 1 aromatic rings. The quantitative estimate of drug-likeness (QED) is 0.858. The minimum absolute atomic E-state index is 0.331. The molecule has 1 heterocycles. The Morgan fingerprint density at radius 3 is 3.00 bits per heavy atom. The van der Waals surface area contributed by atoms with Crippen LogP contribution in [0.2, 0.25) is 5.02 Å². The monoisotopic (exact) mass is 238 g/mol. The zero-order chi connectivity index (χ0) is 11.5. The summed E-state index contributed by atoms with van der Waals surface area (Å²) in [5, 5.41) is 0.874. The van der Waals surface area contributed by atoms with Gasteiger partial charge in [-0.2, -0.15) is 0 Å². The summed E-state index contributed by atoms with van der Waals surface area (Å²) in [6, 6.07) is 6.60. The Bertz CT molecular complexity index is 365. The van der Waals surface area contributed by atoms with Crippen LogP contribution in [-0.4, -0.2) is 24.0 Å². The van der Waals surface area contributed by atoms with Crippen molar-refractivity contribution in [3.63, 3.8) is 0 Å². The van der Waals surface area contributed by atoms with Crippen molar-refractivity contribution in [3.05, 3.63) is 34.3 Å². The highest BCUT2D eigenvalue weighted by atomic mass is 35.5. The highest BCUT2D eigenvalue weighted by molar-refractivity contribution is 6.31. The van der Waals surface area contributed by atoms with Gasteiger partial charge >= 0.3 is 0 Å². The zero-order valence-electron chi connectivity index (χ0n) is 9.75. The number of nitrogens with two attached hydrogens (primary N) is 1. The van der Waals surface area contributed by atoms with Crippen molar-refractivity contribution in [3.8, 4) is 0 Å². The molecule has 88 valence electrons. The topological polar surface area (TPSA) is 29.3 Å². The fourth-order valence-corrected chi connectivity index (χ4v) is 2.55. The van der Waals surface area contributed by atoms with E-state index in [0.29, 0.717) is 6.04 Å². The van der Waals surface area contributed by atoms with Crippen LogP contribution < -0.4 is 5.73 Å². The average Bonchev–Trinajstić information content (AvgIpc) is 2.22. The van der Waals surface area contributed by atoms with E-state index in [1.807, 2.05) is 6.07 Å². The summed E-state index contributed by atoms with van der Waals surface area (Å²) in [7, 11) is 0. The summed E-state index contributed by atoms with van der Waals surface area (Å²) in [5.74, 6) is 0. The van der Waals surface area contributed by atoms with Crippen LogP contribution in [0.1, 0.15) is 24.0 Å². The number of piperidine rings is 1. The van der Waals surface area contributed by atoms with Crippen molar-refractivity contribution in [2.75, 3.05) is 13.1 Å². The van der Waals surface area contributed by atoms with Gasteiger partial charge in [0.05, 0.1) is 0 Å².